The second-order valence-electron chi connectivity index (χ2n) is 7.14. The summed E-state index contributed by atoms with van der Waals surface area (Å²) < 4.78 is 0. The monoisotopic (exact) mass is 331 g/mol. The first-order valence-electron chi connectivity index (χ1n) is 9.16. The third-order valence-electron chi connectivity index (χ3n) is 5.75. The van der Waals surface area contributed by atoms with Crippen molar-refractivity contribution < 1.29 is 5.11 Å². The first kappa shape index (κ1) is 16.3. The van der Waals surface area contributed by atoms with Crippen LogP contribution in [-0.4, -0.2) is 29.6 Å². The van der Waals surface area contributed by atoms with E-state index in [2.05, 4.69) is 47.9 Å². The van der Waals surface area contributed by atoms with E-state index in [1.165, 1.54) is 0 Å². The largest absolute Gasteiger partial charge is 0.380 e. The number of aliphatic hydroxyl groups is 1. The van der Waals surface area contributed by atoms with Crippen molar-refractivity contribution >= 4 is 12.2 Å². The predicted molar refractivity (Wildman–Crippen MR) is 104 cm³/mol. The molecule has 2 heteroatoms. The summed E-state index contributed by atoms with van der Waals surface area (Å²) in [6.45, 7) is 6.80. The summed E-state index contributed by atoms with van der Waals surface area (Å²) in [6, 6.07) is 16.6. The van der Waals surface area contributed by atoms with Gasteiger partial charge in [0.2, 0.25) is 0 Å². The van der Waals surface area contributed by atoms with Gasteiger partial charge in [0.25, 0.3) is 0 Å². The fourth-order valence-corrected chi connectivity index (χ4v) is 4.46. The van der Waals surface area contributed by atoms with E-state index >= 15 is 0 Å². The summed E-state index contributed by atoms with van der Waals surface area (Å²) >= 11 is 0. The summed E-state index contributed by atoms with van der Waals surface area (Å²) in [6.07, 6.45) is 8.23. The lowest BCUT2D eigenvalue weighted by molar-refractivity contribution is -0.0128. The van der Waals surface area contributed by atoms with E-state index in [1.54, 1.807) is 0 Å². The van der Waals surface area contributed by atoms with Gasteiger partial charge >= 0.3 is 0 Å². The molecular formula is C23H25NO. The lowest BCUT2D eigenvalue weighted by Crippen LogP contribution is -2.44. The van der Waals surface area contributed by atoms with Crippen LogP contribution >= 0.6 is 0 Å². The van der Waals surface area contributed by atoms with Crippen LogP contribution in [0.2, 0.25) is 0 Å². The number of benzene rings is 2. The molecule has 1 saturated heterocycles. The SMILES string of the molecule is C=CCN1CCC(C2(O)c3ccccc3C=Cc3ccccc32)CC1. The second kappa shape index (κ2) is 6.62. The summed E-state index contributed by atoms with van der Waals surface area (Å²) in [4.78, 5) is 2.42. The minimum Gasteiger partial charge on any atom is -0.380 e. The van der Waals surface area contributed by atoms with Crippen molar-refractivity contribution in [3.8, 4) is 0 Å². The molecule has 0 spiro atoms. The Morgan fingerprint density at radius 1 is 0.960 bits per heavy atom. The summed E-state index contributed by atoms with van der Waals surface area (Å²) in [7, 11) is 0. The number of nitrogens with zero attached hydrogens (tertiary/aromatic N) is 1. The minimum absolute atomic E-state index is 0.218. The first-order valence-corrected chi connectivity index (χ1v) is 9.16. The number of hydrogen-bond donors (Lipinski definition) is 1. The molecular weight excluding hydrogens is 306 g/mol. The molecule has 1 N–H and O–H groups in total. The highest BCUT2D eigenvalue weighted by molar-refractivity contribution is 5.77. The van der Waals surface area contributed by atoms with Gasteiger partial charge in [0.1, 0.15) is 5.60 Å². The Labute approximate surface area is 150 Å². The maximum absolute atomic E-state index is 12.1. The average molecular weight is 331 g/mol. The smallest absolute Gasteiger partial charge is 0.119 e. The van der Waals surface area contributed by atoms with Crippen LogP contribution in [-0.2, 0) is 5.60 Å². The molecule has 0 aromatic heterocycles. The van der Waals surface area contributed by atoms with Gasteiger partial charge < -0.3 is 5.11 Å². The van der Waals surface area contributed by atoms with Crippen molar-refractivity contribution in [1.82, 2.24) is 4.90 Å². The molecule has 2 aromatic carbocycles. The number of likely N-dealkylation sites (tertiary alicyclic amines) is 1. The van der Waals surface area contributed by atoms with Gasteiger partial charge in [-0.05, 0) is 54.1 Å². The number of rotatable bonds is 3. The average Bonchev–Trinajstić information content (AvgIpc) is 2.79. The quantitative estimate of drug-likeness (QED) is 0.848. The van der Waals surface area contributed by atoms with Gasteiger partial charge in [-0.15, -0.1) is 6.58 Å². The van der Waals surface area contributed by atoms with Gasteiger partial charge in [-0.1, -0.05) is 66.8 Å². The summed E-state index contributed by atoms with van der Waals surface area (Å²) in [5, 5.41) is 12.1. The standard InChI is InChI=1S/C23H25NO/c1-2-15-24-16-13-20(14-17-24)23(25)21-9-5-3-7-18(21)11-12-19-8-4-6-10-22(19)23/h2-12,20,25H,1,13-17H2. The Bertz CT molecular complexity index is 750. The second-order valence-corrected chi connectivity index (χ2v) is 7.14. The van der Waals surface area contributed by atoms with Gasteiger partial charge in [-0.25, -0.2) is 0 Å². The zero-order chi connectivity index (χ0) is 17.3. The van der Waals surface area contributed by atoms with E-state index in [4.69, 9.17) is 0 Å². The molecule has 1 heterocycles. The van der Waals surface area contributed by atoms with Crippen molar-refractivity contribution in [3.63, 3.8) is 0 Å². The number of fused-ring (bicyclic) bond motifs is 2. The first-order chi connectivity index (χ1) is 12.2. The number of piperidine rings is 1. The number of hydrogen-bond acceptors (Lipinski definition) is 2. The lowest BCUT2D eigenvalue weighted by atomic mass is 9.70. The van der Waals surface area contributed by atoms with Crippen LogP contribution in [0.4, 0.5) is 0 Å². The molecule has 25 heavy (non-hydrogen) atoms. The van der Waals surface area contributed by atoms with Crippen LogP contribution in [0.1, 0.15) is 35.1 Å². The molecule has 4 rings (SSSR count). The van der Waals surface area contributed by atoms with Crippen molar-refractivity contribution in [2.75, 3.05) is 19.6 Å². The van der Waals surface area contributed by atoms with Crippen molar-refractivity contribution in [3.05, 3.63) is 83.4 Å². The molecule has 0 bridgehead atoms. The molecule has 2 aliphatic rings. The molecule has 1 fully saturated rings. The third-order valence-corrected chi connectivity index (χ3v) is 5.75. The predicted octanol–water partition coefficient (Wildman–Crippen LogP) is 4.30. The van der Waals surface area contributed by atoms with E-state index < -0.39 is 5.60 Å². The van der Waals surface area contributed by atoms with Gasteiger partial charge in [0, 0.05) is 6.54 Å². The maximum Gasteiger partial charge on any atom is 0.119 e. The molecule has 2 nitrogen and oxygen atoms in total. The highest BCUT2D eigenvalue weighted by atomic mass is 16.3. The molecule has 1 aliphatic carbocycles. The highest BCUT2D eigenvalue weighted by Crippen LogP contribution is 2.46. The molecule has 0 amide bonds. The molecule has 128 valence electrons. The van der Waals surface area contributed by atoms with E-state index in [0.717, 1.165) is 54.7 Å². The fraction of sp³-hybridized carbons (Fsp3) is 0.304. The Hall–Kier alpha value is -2.16. The molecule has 0 atom stereocenters. The third kappa shape index (κ3) is 2.76. The molecule has 2 aromatic rings. The van der Waals surface area contributed by atoms with Crippen LogP contribution in [0.15, 0.2) is 61.2 Å². The molecule has 1 aliphatic heterocycles. The van der Waals surface area contributed by atoms with Crippen molar-refractivity contribution in [2.24, 2.45) is 5.92 Å². The zero-order valence-electron chi connectivity index (χ0n) is 14.6. The van der Waals surface area contributed by atoms with Crippen molar-refractivity contribution in [2.45, 2.75) is 18.4 Å². The Morgan fingerprint density at radius 2 is 1.48 bits per heavy atom. The van der Waals surface area contributed by atoms with E-state index in [1.807, 2.05) is 30.3 Å². The van der Waals surface area contributed by atoms with E-state index in [-0.39, 0.29) is 5.92 Å². The molecule has 0 saturated carbocycles. The lowest BCUT2D eigenvalue weighted by Gasteiger charge is -2.42. The zero-order valence-corrected chi connectivity index (χ0v) is 14.6. The Morgan fingerprint density at radius 3 is 2.00 bits per heavy atom. The van der Waals surface area contributed by atoms with E-state index in [9.17, 15) is 5.11 Å². The van der Waals surface area contributed by atoms with Crippen LogP contribution < -0.4 is 0 Å². The van der Waals surface area contributed by atoms with Gasteiger partial charge in [-0.3, -0.25) is 4.90 Å². The maximum atomic E-state index is 12.1. The van der Waals surface area contributed by atoms with Gasteiger partial charge in [-0.2, -0.15) is 0 Å². The summed E-state index contributed by atoms with van der Waals surface area (Å²) in [5.74, 6) is 0.218. The highest BCUT2D eigenvalue weighted by Gasteiger charge is 2.44. The van der Waals surface area contributed by atoms with Crippen LogP contribution in [0, 0.1) is 5.92 Å². The topological polar surface area (TPSA) is 23.5 Å². The summed E-state index contributed by atoms with van der Waals surface area (Å²) in [5.41, 5.74) is 3.39. The van der Waals surface area contributed by atoms with Crippen LogP contribution in [0.25, 0.3) is 12.2 Å². The Kier molecular flexibility index (Phi) is 4.32. The van der Waals surface area contributed by atoms with Gasteiger partial charge in [0.15, 0.2) is 0 Å². The molecule has 0 radical (unpaired) electrons. The van der Waals surface area contributed by atoms with Crippen LogP contribution in [0.5, 0.6) is 0 Å². The minimum atomic E-state index is -0.934. The van der Waals surface area contributed by atoms with E-state index in [0.29, 0.717) is 0 Å². The fourth-order valence-electron chi connectivity index (χ4n) is 4.46. The normalized spacial score (nSPS) is 19.7. The van der Waals surface area contributed by atoms with Crippen LogP contribution in [0.3, 0.4) is 0 Å². The Balaban J connectivity index is 1.80. The van der Waals surface area contributed by atoms with Crippen molar-refractivity contribution in [1.29, 1.82) is 0 Å². The van der Waals surface area contributed by atoms with Gasteiger partial charge in [0.05, 0.1) is 0 Å². The molecule has 0 unspecified atom stereocenters.